The van der Waals surface area contributed by atoms with Gasteiger partial charge in [-0.3, -0.25) is 14.2 Å². The number of nitrogens with one attached hydrogen (secondary N) is 2. The lowest BCUT2D eigenvalue weighted by Gasteiger charge is -2.20. The second kappa shape index (κ2) is 13.5. The second-order valence-corrected chi connectivity index (χ2v) is 10.3. The number of halogens is 6. The number of aromatic nitrogens is 3. The van der Waals surface area contributed by atoms with Crippen molar-refractivity contribution in [3.63, 3.8) is 0 Å². The Hall–Kier alpha value is -5.77. The van der Waals surface area contributed by atoms with Crippen molar-refractivity contribution in [2.45, 2.75) is 19.1 Å². The van der Waals surface area contributed by atoms with Crippen molar-refractivity contribution in [3.05, 3.63) is 112 Å². The molecule has 10 nitrogen and oxygen atoms in total. The van der Waals surface area contributed by atoms with Gasteiger partial charge in [-0.05, 0) is 67.1 Å². The lowest BCUT2D eigenvalue weighted by molar-refractivity contribution is -0.200. The van der Waals surface area contributed by atoms with Crippen LogP contribution in [0.4, 0.5) is 38.0 Å². The van der Waals surface area contributed by atoms with Crippen LogP contribution in [0.1, 0.15) is 15.9 Å². The van der Waals surface area contributed by atoms with E-state index in [1.54, 1.807) is 13.0 Å². The highest BCUT2D eigenvalue weighted by Gasteiger charge is 2.41. The molecule has 3 aromatic carbocycles. The Morgan fingerprint density at radius 3 is 2.29 bits per heavy atom. The number of para-hydroxylation sites is 1. The third kappa shape index (κ3) is 7.12. The predicted octanol–water partition coefficient (Wildman–Crippen LogP) is 5.30. The van der Waals surface area contributed by atoms with Gasteiger partial charge in [0.2, 0.25) is 5.95 Å². The number of fused-ring (bicyclic) bond motifs is 1. The molecule has 3 N–H and O–H groups in total. The van der Waals surface area contributed by atoms with Crippen LogP contribution in [0.2, 0.25) is 0 Å². The van der Waals surface area contributed by atoms with Gasteiger partial charge in [0.1, 0.15) is 29.7 Å². The first-order valence-electron chi connectivity index (χ1n) is 13.9. The molecule has 1 amide bonds. The molecule has 0 fully saturated rings. The van der Waals surface area contributed by atoms with Crippen LogP contribution < -0.4 is 16.2 Å². The molecule has 0 aliphatic rings. The standard InChI is InChI=1S/C32H23F6N5O5/c1-16-5-6-17(29(46)39-19-9-7-18(33)8-10-19)13-22(16)26-21-11-12-25(45)43(27-23(34)3-2-4-24(27)35)28(21)42-31(41-26)40-20(14-44)15-48-30(47)32(36,37)38/h2-13,20,44H,14-15H2,1H3,(H,39,46)(H,40,41,42). The number of aliphatic hydroxyl groups is 1. The van der Waals surface area contributed by atoms with Crippen molar-refractivity contribution >= 4 is 34.5 Å². The molecule has 5 aromatic rings. The zero-order valence-electron chi connectivity index (χ0n) is 24.6. The predicted molar refractivity (Wildman–Crippen MR) is 161 cm³/mol. The average Bonchev–Trinajstić information content (AvgIpc) is 3.04. The molecule has 0 aliphatic carbocycles. The van der Waals surface area contributed by atoms with E-state index in [1.165, 1.54) is 30.3 Å². The zero-order valence-corrected chi connectivity index (χ0v) is 24.6. The zero-order chi connectivity index (χ0) is 34.7. The summed E-state index contributed by atoms with van der Waals surface area (Å²) in [5.41, 5.74) is -0.877. The first kappa shape index (κ1) is 33.6. The van der Waals surface area contributed by atoms with Gasteiger partial charge in [0, 0.05) is 28.3 Å². The van der Waals surface area contributed by atoms with E-state index in [1.807, 2.05) is 0 Å². The van der Waals surface area contributed by atoms with Crippen LogP contribution in [0.15, 0.2) is 77.6 Å². The van der Waals surface area contributed by atoms with E-state index in [2.05, 4.69) is 25.3 Å². The Morgan fingerprint density at radius 1 is 0.958 bits per heavy atom. The number of rotatable bonds is 9. The summed E-state index contributed by atoms with van der Waals surface area (Å²) in [5, 5.41) is 15.0. The smallest absolute Gasteiger partial charge is 0.457 e. The summed E-state index contributed by atoms with van der Waals surface area (Å²) in [5.74, 6) is -6.32. The molecule has 2 heterocycles. The number of nitrogens with zero attached hydrogens (tertiary/aromatic N) is 3. The SMILES string of the molecule is Cc1ccc(C(=O)Nc2ccc(F)cc2)cc1-c1nc(NC(CO)COC(=O)C(F)(F)F)nc2c1ccc(=O)n2-c1c(F)cccc1F. The number of carbonyl (C=O) groups is 2. The number of aliphatic hydroxyl groups excluding tert-OH is 1. The summed E-state index contributed by atoms with van der Waals surface area (Å²) in [6.07, 6.45) is -5.31. The van der Waals surface area contributed by atoms with Crippen molar-refractivity contribution in [1.29, 1.82) is 0 Å². The summed E-state index contributed by atoms with van der Waals surface area (Å²) in [7, 11) is 0. The molecular formula is C32H23F6N5O5. The molecule has 5 rings (SSSR count). The van der Waals surface area contributed by atoms with Crippen LogP contribution >= 0.6 is 0 Å². The minimum absolute atomic E-state index is 0.00547. The van der Waals surface area contributed by atoms with E-state index >= 15 is 8.78 Å². The quantitative estimate of drug-likeness (QED) is 0.142. The third-order valence-electron chi connectivity index (χ3n) is 6.97. The molecule has 1 unspecified atom stereocenters. The topological polar surface area (TPSA) is 135 Å². The van der Waals surface area contributed by atoms with Gasteiger partial charge in [-0.25, -0.2) is 22.9 Å². The Labute approximate surface area is 266 Å². The highest BCUT2D eigenvalue weighted by Crippen LogP contribution is 2.32. The van der Waals surface area contributed by atoms with Crippen LogP contribution in [0.25, 0.3) is 28.0 Å². The molecule has 1 atom stereocenters. The number of hydrogen-bond acceptors (Lipinski definition) is 8. The monoisotopic (exact) mass is 671 g/mol. The maximum absolute atomic E-state index is 15.0. The van der Waals surface area contributed by atoms with Crippen LogP contribution in [0, 0.1) is 24.4 Å². The van der Waals surface area contributed by atoms with Gasteiger partial charge >= 0.3 is 12.1 Å². The lowest BCUT2D eigenvalue weighted by atomic mass is 9.99. The number of esters is 1. The van der Waals surface area contributed by atoms with Crippen molar-refractivity contribution in [2.75, 3.05) is 23.8 Å². The first-order chi connectivity index (χ1) is 22.8. The fourth-order valence-electron chi connectivity index (χ4n) is 4.64. The Bertz CT molecular complexity index is 2070. The molecule has 16 heteroatoms. The van der Waals surface area contributed by atoms with Gasteiger partial charge in [-0.2, -0.15) is 18.2 Å². The minimum Gasteiger partial charge on any atom is -0.457 e. The van der Waals surface area contributed by atoms with Gasteiger partial charge in [0.05, 0.1) is 18.3 Å². The van der Waals surface area contributed by atoms with Crippen molar-refractivity contribution in [3.8, 4) is 16.9 Å². The summed E-state index contributed by atoms with van der Waals surface area (Å²) >= 11 is 0. The summed E-state index contributed by atoms with van der Waals surface area (Å²) in [4.78, 5) is 46.2. The number of ether oxygens (including phenoxy) is 1. The van der Waals surface area contributed by atoms with E-state index in [4.69, 9.17) is 0 Å². The van der Waals surface area contributed by atoms with Gasteiger partial charge in [-0.15, -0.1) is 0 Å². The van der Waals surface area contributed by atoms with Gasteiger partial charge in [-0.1, -0.05) is 12.1 Å². The fourth-order valence-corrected chi connectivity index (χ4v) is 4.64. The molecule has 0 radical (unpaired) electrons. The number of amides is 1. The lowest BCUT2D eigenvalue weighted by Crippen LogP contribution is -2.35. The normalized spacial score (nSPS) is 12.1. The number of hydrogen-bond donors (Lipinski definition) is 3. The number of alkyl halides is 3. The van der Waals surface area contributed by atoms with E-state index in [9.17, 15) is 37.1 Å². The minimum atomic E-state index is -5.31. The highest BCUT2D eigenvalue weighted by atomic mass is 19.4. The first-order valence-corrected chi connectivity index (χ1v) is 13.9. The Morgan fingerprint density at radius 2 is 1.65 bits per heavy atom. The van der Waals surface area contributed by atoms with Crippen LogP contribution in [0.5, 0.6) is 0 Å². The van der Waals surface area contributed by atoms with Crippen LogP contribution in [0.3, 0.4) is 0 Å². The molecule has 0 aliphatic heterocycles. The third-order valence-corrected chi connectivity index (χ3v) is 6.97. The molecule has 0 spiro atoms. The molecule has 0 saturated carbocycles. The number of pyridine rings is 1. The molecule has 0 bridgehead atoms. The Kier molecular flexibility index (Phi) is 9.47. The maximum atomic E-state index is 15.0. The van der Waals surface area contributed by atoms with Crippen LogP contribution in [-0.2, 0) is 9.53 Å². The number of aryl methyl sites for hydroxylation is 1. The van der Waals surface area contributed by atoms with Crippen molar-refractivity contribution in [2.24, 2.45) is 0 Å². The molecule has 48 heavy (non-hydrogen) atoms. The van der Waals surface area contributed by atoms with E-state index in [-0.39, 0.29) is 27.9 Å². The maximum Gasteiger partial charge on any atom is 0.490 e. The van der Waals surface area contributed by atoms with Crippen molar-refractivity contribution in [1.82, 2.24) is 14.5 Å². The number of benzene rings is 3. The van der Waals surface area contributed by atoms with Crippen LogP contribution in [-0.4, -0.2) is 56.9 Å². The van der Waals surface area contributed by atoms with Crippen molar-refractivity contribution < 1.29 is 45.8 Å². The van der Waals surface area contributed by atoms with Gasteiger partial charge in [0.15, 0.2) is 5.65 Å². The highest BCUT2D eigenvalue weighted by molar-refractivity contribution is 6.05. The molecular weight excluding hydrogens is 648 g/mol. The molecule has 248 valence electrons. The largest absolute Gasteiger partial charge is 0.490 e. The van der Waals surface area contributed by atoms with Gasteiger partial charge in [0.25, 0.3) is 11.5 Å². The van der Waals surface area contributed by atoms with E-state index < -0.39 is 72.0 Å². The van der Waals surface area contributed by atoms with E-state index in [0.29, 0.717) is 15.8 Å². The molecule has 0 saturated heterocycles. The molecule has 2 aromatic heterocycles. The van der Waals surface area contributed by atoms with Gasteiger partial charge < -0.3 is 20.5 Å². The fraction of sp³-hybridized carbons (Fsp3) is 0.156. The van der Waals surface area contributed by atoms with E-state index in [0.717, 1.165) is 36.4 Å². The average molecular weight is 672 g/mol. The number of anilines is 2. The second-order valence-electron chi connectivity index (χ2n) is 10.3. The summed E-state index contributed by atoms with van der Waals surface area (Å²) in [6.45, 7) is -0.228. The Balaban J connectivity index is 1.67. The summed E-state index contributed by atoms with van der Waals surface area (Å²) < 4.78 is 86.3. The number of carbonyl (C=O) groups excluding carboxylic acids is 2. The summed E-state index contributed by atoms with van der Waals surface area (Å²) in [6, 6.07) is 13.3.